The molecule has 7 heteroatoms. The van der Waals surface area contributed by atoms with Gasteiger partial charge in [-0.05, 0) is 47.3 Å². The van der Waals surface area contributed by atoms with E-state index in [0.29, 0.717) is 34.4 Å². The zero-order valence-corrected chi connectivity index (χ0v) is 14.0. The van der Waals surface area contributed by atoms with Crippen LogP contribution in [0.4, 0.5) is 0 Å². The van der Waals surface area contributed by atoms with E-state index in [0.717, 1.165) is 6.42 Å². The monoisotopic (exact) mass is 371 g/mol. The summed E-state index contributed by atoms with van der Waals surface area (Å²) in [4.78, 5) is 23.4. The molecule has 1 fully saturated rings. The fourth-order valence-corrected chi connectivity index (χ4v) is 3.11. The van der Waals surface area contributed by atoms with Gasteiger partial charge in [-0.15, -0.1) is 0 Å². The first kappa shape index (κ1) is 16.6. The molecule has 0 spiro atoms. The third kappa shape index (κ3) is 3.35. The number of carbonyl (C=O) groups is 2. The zero-order chi connectivity index (χ0) is 16.3. The first-order valence-corrected chi connectivity index (χ1v) is 7.66. The summed E-state index contributed by atoms with van der Waals surface area (Å²) >= 11 is 3.34. The lowest BCUT2D eigenvalue weighted by Crippen LogP contribution is -2.54. The number of carboxylic acids is 1. The molecule has 1 amide bonds. The first-order valence-electron chi connectivity index (χ1n) is 6.86. The van der Waals surface area contributed by atoms with Crippen LogP contribution in [0.25, 0.3) is 0 Å². The molecular formula is C15H18BrNO5. The lowest BCUT2D eigenvalue weighted by atomic mass is 9.74. The van der Waals surface area contributed by atoms with Crippen LogP contribution < -0.4 is 14.8 Å². The summed E-state index contributed by atoms with van der Waals surface area (Å²) in [5.41, 5.74) is -0.273. The molecule has 0 aliphatic heterocycles. The Morgan fingerprint density at radius 1 is 1.27 bits per heavy atom. The van der Waals surface area contributed by atoms with Gasteiger partial charge in [0.25, 0.3) is 5.91 Å². The SMILES string of the molecule is COc1cc(C(=O)NC2(CC(=O)O)CCC2)cc(OC)c1Br. The highest BCUT2D eigenvalue weighted by Crippen LogP contribution is 2.37. The molecule has 0 atom stereocenters. The van der Waals surface area contributed by atoms with E-state index >= 15 is 0 Å². The molecule has 1 aromatic rings. The van der Waals surface area contributed by atoms with Gasteiger partial charge in [-0.25, -0.2) is 0 Å². The molecule has 2 N–H and O–H groups in total. The van der Waals surface area contributed by atoms with E-state index in [9.17, 15) is 9.59 Å². The van der Waals surface area contributed by atoms with Crippen LogP contribution in [0, 0.1) is 0 Å². The van der Waals surface area contributed by atoms with Crippen LogP contribution in [-0.4, -0.2) is 36.7 Å². The van der Waals surface area contributed by atoms with E-state index in [1.165, 1.54) is 14.2 Å². The topological polar surface area (TPSA) is 84.9 Å². The van der Waals surface area contributed by atoms with E-state index in [4.69, 9.17) is 14.6 Å². The summed E-state index contributed by atoms with van der Waals surface area (Å²) < 4.78 is 11.0. The van der Waals surface area contributed by atoms with E-state index in [2.05, 4.69) is 21.2 Å². The maximum atomic E-state index is 12.5. The van der Waals surface area contributed by atoms with Crippen molar-refractivity contribution >= 4 is 27.8 Å². The summed E-state index contributed by atoms with van der Waals surface area (Å²) in [6.45, 7) is 0. The fourth-order valence-electron chi connectivity index (χ4n) is 2.55. The average molecular weight is 372 g/mol. The predicted molar refractivity (Wildman–Crippen MR) is 83.5 cm³/mol. The first-order chi connectivity index (χ1) is 10.4. The van der Waals surface area contributed by atoms with Crippen molar-refractivity contribution in [2.45, 2.75) is 31.2 Å². The van der Waals surface area contributed by atoms with Crippen molar-refractivity contribution in [2.24, 2.45) is 0 Å². The quantitative estimate of drug-likeness (QED) is 0.802. The molecule has 0 unspecified atom stereocenters. The lowest BCUT2D eigenvalue weighted by molar-refractivity contribution is -0.139. The minimum atomic E-state index is -0.911. The number of ether oxygens (including phenoxy) is 2. The van der Waals surface area contributed by atoms with Gasteiger partial charge in [-0.2, -0.15) is 0 Å². The van der Waals surface area contributed by atoms with Gasteiger partial charge in [0.1, 0.15) is 16.0 Å². The van der Waals surface area contributed by atoms with Crippen LogP contribution in [0.3, 0.4) is 0 Å². The fraction of sp³-hybridized carbons (Fsp3) is 0.467. The summed E-state index contributed by atoms with van der Waals surface area (Å²) in [7, 11) is 3.00. The van der Waals surface area contributed by atoms with Crippen LogP contribution in [-0.2, 0) is 4.79 Å². The Balaban J connectivity index is 2.24. The van der Waals surface area contributed by atoms with Crippen molar-refractivity contribution in [2.75, 3.05) is 14.2 Å². The van der Waals surface area contributed by atoms with Crippen LogP contribution in [0.2, 0.25) is 0 Å². The van der Waals surface area contributed by atoms with Crippen molar-refractivity contribution < 1.29 is 24.2 Å². The third-order valence-electron chi connectivity index (χ3n) is 3.89. The molecule has 1 aromatic carbocycles. The zero-order valence-electron chi connectivity index (χ0n) is 12.4. The van der Waals surface area contributed by atoms with Crippen molar-refractivity contribution in [3.63, 3.8) is 0 Å². The van der Waals surface area contributed by atoms with Crippen molar-refractivity contribution in [1.29, 1.82) is 0 Å². The molecule has 0 heterocycles. The molecular weight excluding hydrogens is 354 g/mol. The Labute approximate surface area is 136 Å². The lowest BCUT2D eigenvalue weighted by Gasteiger charge is -2.41. The highest BCUT2D eigenvalue weighted by atomic mass is 79.9. The van der Waals surface area contributed by atoms with Gasteiger partial charge in [0, 0.05) is 5.56 Å². The van der Waals surface area contributed by atoms with Gasteiger partial charge >= 0.3 is 5.97 Å². The Kier molecular flexibility index (Phi) is 4.95. The summed E-state index contributed by atoms with van der Waals surface area (Å²) in [5, 5.41) is 11.9. The largest absolute Gasteiger partial charge is 0.495 e. The number of carboxylic acid groups (broad SMARTS) is 1. The number of amides is 1. The molecule has 2 rings (SSSR count). The Morgan fingerprint density at radius 2 is 1.82 bits per heavy atom. The van der Waals surface area contributed by atoms with E-state index in [1.54, 1.807) is 12.1 Å². The number of rotatable bonds is 6. The minimum Gasteiger partial charge on any atom is -0.495 e. The minimum absolute atomic E-state index is 0.0659. The number of hydrogen-bond acceptors (Lipinski definition) is 4. The van der Waals surface area contributed by atoms with Crippen LogP contribution in [0.1, 0.15) is 36.0 Å². The van der Waals surface area contributed by atoms with Crippen molar-refractivity contribution in [3.05, 3.63) is 22.2 Å². The van der Waals surface area contributed by atoms with Gasteiger partial charge in [-0.1, -0.05) is 0 Å². The van der Waals surface area contributed by atoms with Crippen LogP contribution in [0.15, 0.2) is 16.6 Å². The number of carbonyl (C=O) groups excluding carboxylic acids is 1. The molecule has 6 nitrogen and oxygen atoms in total. The highest BCUT2D eigenvalue weighted by molar-refractivity contribution is 9.10. The maximum absolute atomic E-state index is 12.5. The van der Waals surface area contributed by atoms with Gasteiger partial charge < -0.3 is 19.9 Å². The molecule has 1 saturated carbocycles. The van der Waals surface area contributed by atoms with Gasteiger partial charge in [-0.3, -0.25) is 9.59 Å². The van der Waals surface area contributed by atoms with Crippen LogP contribution in [0.5, 0.6) is 11.5 Å². The second-order valence-corrected chi connectivity index (χ2v) is 6.15. The van der Waals surface area contributed by atoms with E-state index in [1.807, 2.05) is 0 Å². The number of nitrogens with one attached hydrogen (secondary N) is 1. The molecule has 1 aliphatic carbocycles. The molecule has 0 radical (unpaired) electrons. The van der Waals surface area contributed by atoms with Crippen molar-refractivity contribution in [1.82, 2.24) is 5.32 Å². The summed E-state index contributed by atoms with van der Waals surface area (Å²) in [6, 6.07) is 3.18. The van der Waals surface area contributed by atoms with E-state index in [-0.39, 0.29) is 12.3 Å². The highest BCUT2D eigenvalue weighted by Gasteiger charge is 2.40. The Hall–Kier alpha value is -1.76. The summed E-state index contributed by atoms with van der Waals surface area (Å²) in [6.07, 6.45) is 2.20. The predicted octanol–water partition coefficient (Wildman–Crippen LogP) is 2.59. The molecule has 0 saturated heterocycles. The normalized spacial score (nSPS) is 15.6. The maximum Gasteiger partial charge on any atom is 0.305 e. The number of methoxy groups -OCH3 is 2. The van der Waals surface area contributed by atoms with Gasteiger partial charge in [0.2, 0.25) is 0 Å². The molecule has 0 aromatic heterocycles. The number of aliphatic carboxylic acids is 1. The van der Waals surface area contributed by atoms with Crippen molar-refractivity contribution in [3.8, 4) is 11.5 Å². The van der Waals surface area contributed by atoms with Gasteiger partial charge in [0.05, 0.1) is 26.2 Å². The number of halogens is 1. The molecule has 22 heavy (non-hydrogen) atoms. The van der Waals surface area contributed by atoms with Gasteiger partial charge in [0.15, 0.2) is 0 Å². The second kappa shape index (κ2) is 6.56. The summed E-state index contributed by atoms with van der Waals surface area (Å²) in [5.74, 6) is -0.285. The second-order valence-electron chi connectivity index (χ2n) is 5.35. The number of hydrogen-bond donors (Lipinski definition) is 2. The smallest absolute Gasteiger partial charge is 0.305 e. The molecule has 1 aliphatic rings. The molecule has 0 bridgehead atoms. The van der Waals surface area contributed by atoms with E-state index < -0.39 is 11.5 Å². The third-order valence-corrected chi connectivity index (χ3v) is 4.67. The van der Waals surface area contributed by atoms with Crippen LogP contribution >= 0.6 is 15.9 Å². The standard InChI is InChI=1S/C15H18BrNO5/c1-21-10-6-9(7-11(22-2)13(10)16)14(20)17-15(4-3-5-15)8-12(18)19/h6-7H,3-5,8H2,1-2H3,(H,17,20)(H,18,19). The average Bonchev–Trinajstić information content (AvgIpc) is 2.44. The Morgan fingerprint density at radius 3 is 2.18 bits per heavy atom. The Bertz CT molecular complexity index is 573. The number of benzene rings is 1. The molecule has 120 valence electrons.